The minimum atomic E-state index is -0.759. The van der Waals surface area contributed by atoms with Crippen molar-refractivity contribution in [3.8, 4) is 0 Å². The van der Waals surface area contributed by atoms with Crippen LogP contribution < -0.4 is 10.7 Å². The molecule has 7 nitrogen and oxygen atoms in total. The average molecular weight is 385 g/mol. The van der Waals surface area contributed by atoms with Crippen molar-refractivity contribution in [3.05, 3.63) is 42.0 Å². The van der Waals surface area contributed by atoms with Gasteiger partial charge in [-0.05, 0) is 56.1 Å². The van der Waals surface area contributed by atoms with Crippen molar-refractivity contribution in [2.45, 2.75) is 44.6 Å². The number of aliphatic hydroxyl groups is 1. The number of carbonyl (C=O) groups is 2. The van der Waals surface area contributed by atoms with Gasteiger partial charge in [0.25, 0.3) is 0 Å². The summed E-state index contributed by atoms with van der Waals surface area (Å²) in [4.78, 5) is 22.5. The number of aliphatic hydroxyl groups excluding tert-OH is 1. The molecule has 150 valence electrons. The summed E-state index contributed by atoms with van der Waals surface area (Å²) >= 11 is 0. The number of carboxylic acid groups (broad SMARTS) is 1. The first-order chi connectivity index (χ1) is 13.5. The Labute approximate surface area is 164 Å². The van der Waals surface area contributed by atoms with E-state index in [0.29, 0.717) is 23.9 Å². The molecule has 0 spiro atoms. The molecule has 28 heavy (non-hydrogen) atoms. The maximum absolute atomic E-state index is 11.9. The zero-order valence-electron chi connectivity index (χ0n) is 15.8. The largest absolute Gasteiger partial charge is 0.481 e. The second-order valence-electron chi connectivity index (χ2n) is 7.57. The van der Waals surface area contributed by atoms with Crippen LogP contribution in [0.4, 0.5) is 10.5 Å². The Bertz CT molecular complexity index is 747. The SMILES string of the molecule is O=C(O)CCC/C=C1/C[C@H]2C[C@@H](O)[C@H](C=NNC(=O)Nc3ccccc3)[C@H]2C1. The summed E-state index contributed by atoms with van der Waals surface area (Å²) in [5.74, 6) is -0.0874. The molecular weight excluding hydrogens is 358 g/mol. The second kappa shape index (κ2) is 9.50. The van der Waals surface area contributed by atoms with E-state index >= 15 is 0 Å². The number of anilines is 1. The van der Waals surface area contributed by atoms with E-state index < -0.39 is 18.1 Å². The van der Waals surface area contributed by atoms with Crippen LogP contribution in [0.2, 0.25) is 0 Å². The zero-order valence-corrected chi connectivity index (χ0v) is 15.8. The Balaban J connectivity index is 1.48. The first kappa shape index (κ1) is 20.1. The van der Waals surface area contributed by atoms with Gasteiger partial charge in [0, 0.05) is 24.2 Å². The predicted molar refractivity (Wildman–Crippen MR) is 107 cm³/mol. The number of amides is 2. The molecule has 3 rings (SSSR count). The highest BCUT2D eigenvalue weighted by molar-refractivity contribution is 5.89. The Morgan fingerprint density at radius 2 is 2.00 bits per heavy atom. The fourth-order valence-electron chi connectivity index (χ4n) is 4.30. The van der Waals surface area contributed by atoms with Gasteiger partial charge in [-0.25, -0.2) is 10.2 Å². The number of hydrazone groups is 1. The first-order valence-corrected chi connectivity index (χ1v) is 9.76. The lowest BCUT2D eigenvalue weighted by molar-refractivity contribution is -0.137. The number of unbranched alkanes of at least 4 members (excludes halogenated alkanes) is 1. The number of hydrogen-bond donors (Lipinski definition) is 4. The molecule has 0 aliphatic heterocycles. The highest BCUT2D eigenvalue weighted by Gasteiger charge is 2.45. The minimum Gasteiger partial charge on any atom is -0.481 e. The number of nitrogens with zero attached hydrogens (tertiary/aromatic N) is 1. The van der Waals surface area contributed by atoms with Crippen molar-refractivity contribution in [2.24, 2.45) is 22.9 Å². The van der Waals surface area contributed by atoms with E-state index in [9.17, 15) is 14.7 Å². The van der Waals surface area contributed by atoms with Crippen LogP contribution in [0.25, 0.3) is 0 Å². The van der Waals surface area contributed by atoms with Crippen molar-refractivity contribution in [2.75, 3.05) is 5.32 Å². The fourth-order valence-corrected chi connectivity index (χ4v) is 4.30. The van der Waals surface area contributed by atoms with E-state index in [2.05, 4.69) is 21.9 Å². The Morgan fingerprint density at radius 1 is 1.21 bits per heavy atom. The fraction of sp³-hybridized carbons (Fsp3) is 0.476. The summed E-state index contributed by atoms with van der Waals surface area (Å²) in [5, 5.41) is 25.8. The maximum Gasteiger partial charge on any atom is 0.339 e. The molecular formula is C21H27N3O4. The number of aliphatic carboxylic acids is 1. The molecule has 2 saturated carbocycles. The third-order valence-corrected chi connectivity index (χ3v) is 5.58. The van der Waals surface area contributed by atoms with Crippen LogP contribution in [-0.4, -0.2) is 34.5 Å². The van der Waals surface area contributed by atoms with Crippen molar-refractivity contribution in [1.82, 2.24) is 5.43 Å². The molecule has 0 saturated heterocycles. The van der Waals surface area contributed by atoms with Gasteiger partial charge in [0.15, 0.2) is 0 Å². The van der Waals surface area contributed by atoms with Crippen LogP contribution in [0.3, 0.4) is 0 Å². The number of rotatable bonds is 7. The summed E-state index contributed by atoms with van der Waals surface area (Å²) in [6.45, 7) is 0. The standard InChI is InChI=1S/C21H27N3O4/c25-19-12-15-10-14(6-4-5-9-20(26)27)11-17(15)18(19)13-22-24-21(28)23-16-7-2-1-3-8-16/h1-3,6-8,13,15,17-19,25H,4-5,9-12H2,(H,26,27)(H2,23,24,28)/b14-6-,22-13?/t15-,17-,18+,19+/m0/s1. The van der Waals surface area contributed by atoms with E-state index in [4.69, 9.17) is 5.11 Å². The van der Waals surface area contributed by atoms with Crippen molar-refractivity contribution >= 4 is 23.9 Å². The molecule has 1 aromatic rings. The predicted octanol–water partition coefficient (Wildman–Crippen LogP) is 3.38. The number of nitrogens with one attached hydrogen (secondary N) is 2. The van der Waals surface area contributed by atoms with Gasteiger partial charge in [0.05, 0.1) is 6.10 Å². The smallest absolute Gasteiger partial charge is 0.339 e. The lowest BCUT2D eigenvalue weighted by atomic mass is 9.92. The number of allylic oxidation sites excluding steroid dienone is 2. The lowest BCUT2D eigenvalue weighted by Crippen LogP contribution is -2.27. The summed E-state index contributed by atoms with van der Waals surface area (Å²) < 4.78 is 0. The van der Waals surface area contributed by atoms with Gasteiger partial charge in [0.1, 0.15) is 0 Å². The summed E-state index contributed by atoms with van der Waals surface area (Å²) in [5.41, 5.74) is 4.49. The molecule has 1 aromatic carbocycles. The van der Waals surface area contributed by atoms with Crippen LogP contribution in [0.1, 0.15) is 38.5 Å². The van der Waals surface area contributed by atoms with Crippen LogP contribution in [0.15, 0.2) is 47.1 Å². The molecule has 2 aliphatic carbocycles. The molecule has 0 unspecified atom stereocenters. The summed E-state index contributed by atoms with van der Waals surface area (Å²) in [6.07, 6.45) is 7.62. The number of para-hydroxylation sites is 1. The number of carbonyl (C=O) groups excluding carboxylic acids is 1. The first-order valence-electron chi connectivity index (χ1n) is 9.76. The summed E-state index contributed by atoms with van der Waals surface area (Å²) in [6, 6.07) is 8.70. The molecule has 0 radical (unpaired) electrons. The number of benzene rings is 1. The van der Waals surface area contributed by atoms with E-state index in [0.717, 1.165) is 25.7 Å². The van der Waals surface area contributed by atoms with Gasteiger partial charge in [-0.2, -0.15) is 5.10 Å². The zero-order chi connectivity index (χ0) is 19.9. The molecule has 2 fully saturated rings. The topological polar surface area (TPSA) is 111 Å². The van der Waals surface area contributed by atoms with Crippen LogP contribution in [0, 0.1) is 17.8 Å². The van der Waals surface area contributed by atoms with E-state index in [1.165, 1.54) is 5.57 Å². The van der Waals surface area contributed by atoms with E-state index in [-0.39, 0.29) is 12.3 Å². The molecule has 2 amide bonds. The third kappa shape index (κ3) is 5.42. The molecule has 4 N–H and O–H groups in total. The van der Waals surface area contributed by atoms with Gasteiger partial charge >= 0.3 is 12.0 Å². The number of fused-ring (bicyclic) bond motifs is 1. The van der Waals surface area contributed by atoms with Crippen molar-refractivity contribution in [1.29, 1.82) is 0 Å². The Kier molecular flexibility index (Phi) is 6.81. The highest BCUT2D eigenvalue weighted by Crippen LogP contribution is 2.49. The maximum atomic E-state index is 11.9. The highest BCUT2D eigenvalue weighted by atomic mass is 16.4. The number of urea groups is 1. The molecule has 4 atom stereocenters. The third-order valence-electron chi connectivity index (χ3n) is 5.58. The van der Waals surface area contributed by atoms with Gasteiger partial charge in [0.2, 0.25) is 0 Å². The molecule has 7 heteroatoms. The normalized spacial score (nSPS) is 27.8. The average Bonchev–Trinajstić information content (AvgIpc) is 3.17. The quantitative estimate of drug-likeness (QED) is 0.249. The molecule has 0 aromatic heterocycles. The van der Waals surface area contributed by atoms with Gasteiger partial charge < -0.3 is 15.5 Å². The lowest BCUT2D eigenvalue weighted by Gasteiger charge is -2.16. The van der Waals surface area contributed by atoms with Crippen LogP contribution in [-0.2, 0) is 4.79 Å². The number of carboxylic acids is 1. The van der Waals surface area contributed by atoms with E-state index in [1.807, 2.05) is 18.2 Å². The Hall–Kier alpha value is -2.67. The summed E-state index contributed by atoms with van der Waals surface area (Å²) in [7, 11) is 0. The number of hydrogen-bond acceptors (Lipinski definition) is 4. The van der Waals surface area contributed by atoms with Gasteiger partial charge in [-0.1, -0.05) is 29.8 Å². The molecule has 2 aliphatic rings. The van der Waals surface area contributed by atoms with Crippen molar-refractivity contribution in [3.63, 3.8) is 0 Å². The monoisotopic (exact) mass is 385 g/mol. The van der Waals surface area contributed by atoms with Crippen LogP contribution >= 0.6 is 0 Å². The van der Waals surface area contributed by atoms with Gasteiger partial charge in [-0.3, -0.25) is 4.79 Å². The van der Waals surface area contributed by atoms with E-state index in [1.54, 1.807) is 18.3 Å². The molecule has 0 heterocycles. The molecule has 0 bridgehead atoms. The minimum absolute atomic E-state index is 0.0769. The van der Waals surface area contributed by atoms with Gasteiger partial charge in [-0.15, -0.1) is 0 Å². The van der Waals surface area contributed by atoms with Crippen molar-refractivity contribution < 1.29 is 19.8 Å². The Morgan fingerprint density at radius 3 is 2.75 bits per heavy atom. The van der Waals surface area contributed by atoms with Crippen LogP contribution in [0.5, 0.6) is 0 Å². The second-order valence-corrected chi connectivity index (χ2v) is 7.57.